The van der Waals surface area contributed by atoms with E-state index in [4.69, 9.17) is 17.2 Å². The molecule has 0 saturated carbocycles. The number of amides is 3. The molecule has 3 amide bonds. The summed E-state index contributed by atoms with van der Waals surface area (Å²) in [5, 5.41) is 24.0. The maximum Gasteiger partial charge on any atom is 0.326 e. The normalized spacial score (nSPS) is 17.5. The van der Waals surface area contributed by atoms with E-state index in [1.54, 1.807) is 30.3 Å². The molecular weight excluding hydrogens is 470 g/mol. The van der Waals surface area contributed by atoms with Crippen molar-refractivity contribution in [3.63, 3.8) is 0 Å². The van der Waals surface area contributed by atoms with E-state index in [9.17, 15) is 29.4 Å². The summed E-state index contributed by atoms with van der Waals surface area (Å²) in [6, 6.07) is 4.51. The van der Waals surface area contributed by atoms with Gasteiger partial charge in [0.2, 0.25) is 17.7 Å². The van der Waals surface area contributed by atoms with Gasteiger partial charge in [0.15, 0.2) is 5.96 Å². The summed E-state index contributed by atoms with van der Waals surface area (Å²) >= 11 is 0. The Kier molecular flexibility index (Phi) is 11.1. The Bertz CT molecular complexity index is 938. The van der Waals surface area contributed by atoms with E-state index >= 15 is 0 Å². The lowest BCUT2D eigenvalue weighted by atomic mass is 10.0. The van der Waals surface area contributed by atoms with Gasteiger partial charge >= 0.3 is 5.97 Å². The van der Waals surface area contributed by atoms with Gasteiger partial charge in [-0.2, -0.15) is 0 Å². The number of carboxylic acid groups (broad SMARTS) is 1. The summed E-state index contributed by atoms with van der Waals surface area (Å²) < 4.78 is 0. The zero-order valence-corrected chi connectivity index (χ0v) is 20.0. The topological polar surface area (TPSA) is 226 Å². The van der Waals surface area contributed by atoms with E-state index in [1.807, 2.05) is 0 Å². The first-order valence-corrected chi connectivity index (χ1v) is 11.7. The highest BCUT2D eigenvalue weighted by Crippen LogP contribution is 2.19. The number of carboxylic acids is 1. The van der Waals surface area contributed by atoms with Crippen LogP contribution in [0.3, 0.4) is 0 Å². The monoisotopic (exact) mass is 505 g/mol. The molecule has 0 radical (unpaired) electrons. The van der Waals surface area contributed by atoms with Crippen LogP contribution in [-0.2, 0) is 25.6 Å². The van der Waals surface area contributed by atoms with E-state index in [0.717, 1.165) is 5.56 Å². The molecule has 198 valence electrons. The number of rotatable bonds is 13. The molecule has 1 saturated heterocycles. The second-order valence-corrected chi connectivity index (χ2v) is 8.58. The number of likely N-dealkylation sites (tertiary alicyclic amines) is 1. The number of aliphatic carboxylic acids is 1. The molecule has 4 unspecified atom stereocenters. The van der Waals surface area contributed by atoms with Crippen LogP contribution in [-0.4, -0.2) is 88.6 Å². The van der Waals surface area contributed by atoms with Gasteiger partial charge < -0.3 is 42.9 Å². The summed E-state index contributed by atoms with van der Waals surface area (Å²) in [6.07, 6.45) is 1.43. The molecule has 1 fully saturated rings. The zero-order chi connectivity index (χ0) is 26.7. The van der Waals surface area contributed by atoms with Crippen molar-refractivity contribution in [1.29, 1.82) is 0 Å². The van der Waals surface area contributed by atoms with Crippen LogP contribution in [0, 0.1) is 0 Å². The van der Waals surface area contributed by atoms with Crippen molar-refractivity contribution < 1.29 is 29.4 Å². The van der Waals surface area contributed by atoms with Crippen LogP contribution in [0.4, 0.5) is 0 Å². The molecule has 0 bridgehead atoms. The SMILES string of the molecule is NC(N)=NCCCC(NC(=O)C1CCCN1C(=O)C(N)CO)C(=O)NC(Cc1ccccc1)C(=O)O. The summed E-state index contributed by atoms with van der Waals surface area (Å²) in [5.41, 5.74) is 17.0. The number of aliphatic hydroxyl groups is 1. The van der Waals surface area contributed by atoms with Crippen molar-refractivity contribution in [2.45, 2.75) is 56.3 Å². The lowest BCUT2D eigenvalue weighted by molar-refractivity contribution is -0.143. The maximum absolute atomic E-state index is 13.1. The van der Waals surface area contributed by atoms with Gasteiger partial charge in [0.05, 0.1) is 6.61 Å². The third kappa shape index (κ3) is 8.50. The van der Waals surface area contributed by atoms with E-state index in [2.05, 4.69) is 15.6 Å². The van der Waals surface area contributed by atoms with Crippen LogP contribution >= 0.6 is 0 Å². The number of aliphatic hydroxyl groups excluding tert-OH is 1. The Labute approximate surface area is 209 Å². The zero-order valence-electron chi connectivity index (χ0n) is 20.0. The van der Waals surface area contributed by atoms with Gasteiger partial charge in [-0.1, -0.05) is 30.3 Å². The van der Waals surface area contributed by atoms with Crippen LogP contribution in [0.5, 0.6) is 0 Å². The van der Waals surface area contributed by atoms with Gasteiger partial charge in [-0.15, -0.1) is 0 Å². The van der Waals surface area contributed by atoms with Crippen molar-refractivity contribution in [3.8, 4) is 0 Å². The van der Waals surface area contributed by atoms with E-state index in [-0.39, 0.29) is 25.3 Å². The molecule has 0 spiro atoms. The number of benzene rings is 1. The Morgan fingerprint density at radius 1 is 1.11 bits per heavy atom. The van der Waals surface area contributed by atoms with Gasteiger partial charge in [-0.05, 0) is 31.2 Å². The second-order valence-electron chi connectivity index (χ2n) is 8.58. The number of hydrogen-bond acceptors (Lipinski definition) is 7. The first-order chi connectivity index (χ1) is 17.1. The Hall–Kier alpha value is -3.71. The lowest BCUT2D eigenvalue weighted by Gasteiger charge is -2.28. The van der Waals surface area contributed by atoms with E-state index < -0.39 is 54.5 Å². The van der Waals surface area contributed by atoms with Gasteiger partial charge in [0.1, 0.15) is 24.2 Å². The predicted molar refractivity (Wildman–Crippen MR) is 131 cm³/mol. The molecule has 13 nitrogen and oxygen atoms in total. The standard InChI is InChI=1S/C23H35N7O6/c24-15(13-31)21(34)30-11-5-9-18(30)20(33)28-16(8-4-10-27-23(25)26)19(32)29-17(22(35)36)12-14-6-2-1-3-7-14/h1-3,6-7,15-18,31H,4-5,8-13,24H2,(H,28,33)(H,29,32)(H,35,36)(H4,25,26,27). The smallest absolute Gasteiger partial charge is 0.326 e. The number of nitrogens with two attached hydrogens (primary N) is 3. The molecule has 1 aromatic carbocycles. The number of nitrogens with one attached hydrogen (secondary N) is 2. The number of guanidine groups is 1. The minimum absolute atomic E-state index is 0.0561. The Morgan fingerprint density at radius 2 is 1.81 bits per heavy atom. The van der Waals surface area contributed by atoms with E-state index in [0.29, 0.717) is 25.8 Å². The molecule has 10 N–H and O–H groups in total. The Balaban J connectivity index is 2.13. The lowest BCUT2D eigenvalue weighted by Crippen LogP contribution is -2.57. The number of carbonyl (C=O) groups is 4. The fourth-order valence-electron chi connectivity index (χ4n) is 3.96. The van der Waals surface area contributed by atoms with Gasteiger partial charge in [0, 0.05) is 19.5 Å². The molecule has 13 heteroatoms. The average molecular weight is 506 g/mol. The summed E-state index contributed by atoms with van der Waals surface area (Å²) in [4.78, 5) is 55.6. The van der Waals surface area contributed by atoms with Crippen LogP contribution in [0.1, 0.15) is 31.2 Å². The minimum atomic E-state index is -1.22. The summed E-state index contributed by atoms with van der Waals surface area (Å²) in [5.74, 6) is -3.14. The molecule has 36 heavy (non-hydrogen) atoms. The Morgan fingerprint density at radius 3 is 2.42 bits per heavy atom. The average Bonchev–Trinajstić information content (AvgIpc) is 3.34. The van der Waals surface area contributed by atoms with Gasteiger partial charge in [0.25, 0.3) is 0 Å². The van der Waals surface area contributed by atoms with Crippen molar-refractivity contribution in [2.75, 3.05) is 19.7 Å². The highest BCUT2D eigenvalue weighted by Gasteiger charge is 2.37. The van der Waals surface area contributed by atoms with Crippen molar-refractivity contribution in [3.05, 3.63) is 35.9 Å². The third-order valence-corrected chi connectivity index (χ3v) is 5.83. The minimum Gasteiger partial charge on any atom is -0.480 e. The molecule has 0 aromatic heterocycles. The predicted octanol–water partition coefficient (Wildman–Crippen LogP) is -2.35. The van der Waals surface area contributed by atoms with Crippen LogP contribution in [0.15, 0.2) is 35.3 Å². The fraction of sp³-hybridized carbons (Fsp3) is 0.522. The first kappa shape index (κ1) is 28.5. The van der Waals surface area contributed by atoms with Crippen molar-refractivity contribution in [2.24, 2.45) is 22.2 Å². The highest BCUT2D eigenvalue weighted by molar-refractivity contribution is 5.94. The molecule has 2 rings (SSSR count). The maximum atomic E-state index is 13.1. The highest BCUT2D eigenvalue weighted by atomic mass is 16.4. The summed E-state index contributed by atoms with van der Waals surface area (Å²) in [6.45, 7) is -0.0601. The second kappa shape index (κ2) is 14.0. The number of nitrogens with zero attached hydrogens (tertiary/aromatic N) is 2. The van der Waals surface area contributed by atoms with Crippen LogP contribution in [0.2, 0.25) is 0 Å². The van der Waals surface area contributed by atoms with Crippen LogP contribution < -0.4 is 27.8 Å². The van der Waals surface area contributed by atoms with Crippen molar-refractivity contribution >= 4 is 29.7 Å². The van der Waals surface area contributed by atoms with E-state index in [1.165, 1.54) is 4.90 Å². The molecular formula is C23H35N7O6. The summed E-state index contributed by atoms with van der Waals surface area (Å²) in [7, 11) is 0. The van der Waals surface area contributed by atoms with Crippen molar-refractivity contribution in [1.82, 2.24) is 15.5 Å². The molecule has 1 aliphatic rings. The van der Waals surface area contributed by atoms with Gasteiger partial charge in [-0.25, -0.2) is 4.79 Å². The molecule has 1 aromatic rings. The first-order valence-electron chi connectivity index (χ1n) is 11.7. The van der Waals surface area contributed by atoms with Crippen LogP contribution in [0.25, 0.3) is 0 Å². The number of carbonyl (C=O) groups excluding carboxylic acids is 3. The third-order valence-electron chi connectivity index (χ3n) is 5.83. The molecule has 1 aliphatic heterocycles. The molecule has 1 heterocycles. The molecule has 0 aliphatic carbocycles. The largest absolute Gasteiger partial charge is 0.480 e. The fourth-order valence-corrected chi connectivity index (χ4v) is 3.96. The number of hydrogen-bond donors (Lipinski definition) is 7. The molecule has 4 atom stereocenters. The number of aliphatic imine (C=N–C) groups is 1. The van der Waals surface area contributed by atoms with Gasteiger partial charge in [-0.3, -0.25) is 19.4 Å². The quantitative estimate of drug-likeness (QED) is 0.0863.